The fourth-order valence-electron chi connectivity index (χ4n) is 2.87. The van der Waals surface area contributed by atoms with Crippen LogP contribution in [0.25, 0.3) is 0 Å². The Morgan fingerprint density at radius 1 is 0.967 bits per heavy atom. The molecule has 0 saturated carbocycles. The number of carbonyl (C=O) groups is 1. The fraction of sp³-hybridized carbons (Fsp3) is 0.167. The Morgan fingerprint density at radius 2 is 1.67 bits per heavy atom. The van der Waals surface area contributed by atoms with Crippen LogP contribution >= 0.6 is 0 Å². The third-order valence-electron chi connectivity index (χ3n) is 4.39. The third kappa shape index (κ3) is 5.68. The third-order valence-corrected chi connectivity index (χ3v) is 4.39. The number of benzene rings is 3. The van der Waals surface area contributed by atoms with Crippen LogP contribution in [-0.4, -0.2) is 26.3 Å². The predicted octanol–water partition coefficient (Wildman–Crippen LogP) is 4.11. The first-order chi connectivity index (χ1) is 14.7. The Labute approximate surface area is 176 Å². The minimum Gasteiger partial charge on any atom is -0.493 e. The van der Waals surface area contributed by atoms with Crippen LogP contribution < -0.4 is 14.9 Å². The summed E-state index contributed by atoms with van der Waals surface area (Å²) in [5, 5.41) is 4.03. The Bertz CT molecular complexity index is 975. The van der Waals surface area contributed by atoms with Gasteiger partial charge in [0.25, 0.3) is 5.91 Å². The molecular weight excluding hydrogens is 380 g/mol. The van der Waals surface area contributed by atoms with Gasteiger partial charge in [-0.25, -0.2) is 5.43 Å². The maximum atomic E-state index is 12.4. The molecule has 0 aromatic heterocycles. The molecule has 1 N–H and O–H groups in total. The molecule has 6 nitrogen and oxygen atoms in total. The van der Waals surface area contributed by atoms with Crippen molar-refractivity contribution in [3.8, 4) is 11.5 Å². The Balaban J connectivity index is 1.62. The second-order valence-corrected chi connectivity index (χ2v) is 6.45. The number of rotatable bonds is 9. The minimum atomic E-state index is -0.730. The van der Waals surface area contributed by atoms with Crippen molar-refractivity contribution in [1.29, 1.82) is 0 Å². The van der Waals surface area contributed by atoms with Gasteiger partial charge in [-0.1, -0.05) is 60.7 Å². The van der Waals surface area contributed by atoms with Crippen molar-refractivity contribution in [1.82, 2.24) is 5.43 Å². The van der Waals surface area contributed by atoms with Crippen molar-refractivity contribution < 1.29 is 19.0 Å². The molecule has 3 aromatic carbocycles. The minimum absolute atomic E-state index is 0.352. The van der Waals surface area contributed by atoms with Crippen LogP contribution in [0, 0.1) is 0 Å². The average molecular weight is 404 g/mol. The van der Waals surface area contributed by atoms with Crippen molar-refractivity contribution in [2.45, 2.75) is 12.7 Å². The summed E-state index contributed by atoms with van der Waals surface area (Å²) >= 11 is 0. The standard InChI is InChI=1S/C24H24N2O4/c1-28-22-15-19(13-14-21(22)30-17-18-9-5-3-6-10-18)16-25-26-24(27)23(29-2)20-11-7-4-8-12-20/h3-16,23H,17H2,1-2H3,(H,26,27). The molecule has 0 heterocycles. The maximum absolute atomic E-state index is 12.4. The van der Waals surface area contributed by atoms with Gasteiger partial charge < -0.3 is 14.2 Å². The summed E-state index contributed by atoms with van der Waals surface area (Å²) in [4.78, 5) is 12.4. The molecule has 3 aromatic rings. The van der Waals surface area contributed by atoms with Gasteiger partial charge in [0, 0.05) is 7.11 Å². The summed E-state index contributed by atoms with van der Waals surface area (Å²) in [5.74, 6) is 0.862. The first-order valence-electron chi connectivity index (χ1n) is 9.46. The number of amides is 1. The lowest BCUT2D eigenvalue weighted by Gasteiger charge is -2.13. The van der Waals surface area contributed by atoms with Crippen molar-refractivity contribution in [3.63, 3.8) is 0 Å². The molecule has 0 aliphatic rings. The van der Waals surface area contributed by atoms with Gasteiger partial charge in [-0.05, 0) is 34.9 Å². The van der Waals surface area contributed by atoms with Crippen molar-refractivity contribution in [2.75, 3.05) is 14.2 Å². The number of methoxy groups -OCH3 is 2. The molecule has 1 atom stereocenters. The van der Waals surface area contributed by atoms with Crippen LogP contribution in [0.4, 0.5) is 0 Å². The van der Waals surface area contributed by atoms with E-state index in [1.165, 1.54) is 7.11 Å². The first kappa shape index (κ1) is 21.1. The van der Waals surface area contributed by atoms with E-state index in [-0.39, 0.29) is 5.91 Å². The first-order valence-corrected chi connectivity index (χ1v) is 9.46. The molecule has 0 fully saturated rings. The summed E-state index contributed by atoms with van der Waals surface area (Å²) in [5.41, 5.74) is 5.10. The summed E-state index contributed by atoms with van der Waals surface area (Å²) in [6.45, 7) is 0.443. The molecule has 154 valence electrons. The number of nitrogens with one attached hydrogen (secondary N) is 1. The lowest BCUT2D eigenvalue weighted by molar-refractivity contribution is -0.131. The SMILES string of the molecule is COc1cc(C=NNC(=O)C(OC)c2ccccc2)ccc1OCc1ccccc1. The smallest absolute Gasteiger partial charge is 0.273 e. The van der Waals surface area contributed by atoms with Crippen LogP contribution in [0.15, 0.2) is 84.0 Å². The lowest BCUT2D eigenvalue weighted by Crippen LogP contribution is -2.26. The topological polar surface area (TPSA) is 69.2 Å². The van der Waals surface area contributed by atoms with Gasteiger partial charge in [0.05, 0.1) is 13.3 Å². The normalized spacial score (nSPS) is 11.8. The molecular formula is C24H24N2O4. The number of nitrogens with zero attached hydrogens (tertiary/aromatic N) is 1. The summed E-state index contributed by atoms with van der Waals surface area (Å²) in [7, 11) is 3.07. The van der Waals surface area contributed by atoms with Gasteiger partial charge in [-0.3, -0.25) is 4.79 Å². The van der Waals surface area contributed by atoms with E-state index in [9.17, 15) is 4.79 Å². The molecule has 0 saturated heterocycles. The van der Waals surface area contributed by atoms with Crippen LogP contribution in [-0.2, 0) is 16.1 Å². The summed E-state index contributed by atoms with van der Waals surface area (Å²) in [6, 6.07) is 24.6. The zero-order valence-electron chi connectivity index (χ0n) is 16.9. The highest BCUT2D eigenvalue weighted by Gasteiger charge is 2.19. The fourth-order valence-corrected chi connectivity index (χ4v) is 2.87. The van der Waals surface area contributed by atoms with E-state index in [4.69, 9.17) is 14.2 Å². The van der Waals surface area contributed by atoms with Crippen molar-refractivity contribution in [3.05, 3.63) is 95.6 Å². The van der Waals surface area contributed by atoms with E-state index < -0.39 is 6.10 Å². The second kappa shape index (κ2) is 10.8. The molecule has 0 radical (unpaired) electrons. The van der Waals surface area contributed by atoms with Crippen molar-refractivity contribution >= 4 is 12.1 Å². The largest absolute Gasteiger partial charge is 0.493 e. The Kier molecular flexibility index (Phi) is 7.58. The molecule has 0 aliphatic carbocycles. The monoisotopic (exact) mass is 404 g/mol. The number of hydrogen-bond acceptors (Lipinski definition) is 5. The number of ether oxygens (including phenoxy) is 3. The number of carbonyl (C=O) groups excluding carboxylic acids is 1. The van der Waals surface area contributed by atoms with Crippen molar-refractivity contribution in [2.24, 2.45) is 5.10 Å². The highest BCUT2D eigenvalue weighted by Crippen LogP contribution is 2.28. The molecule has 1 amide bonds. The van der Waals surface area contributed by atoms with E-state index >= 15 is 0 Å². The lowest BCUT2D eigenvalue weighted by atomic mass is 10.1. The van der Waals surface area contributed by atoms with Gasteiger partial charge in [0.1, 0.15) is 6.61 Å². The van der Waals surface area contributed by atoms with Crippen LogP contribution in [0.5, 0.6) is 11.5 Å². The number of hydrogen-bond donors (Lipinski definition) is 1. The average Bonchev–Trinajstić information content (AvgIpc) is 2.80. The molecule has 0 spiro atoms. The Hall–Kier alpha value is -3.64. The van der Waals surface area contributed by atoms with E-state index in [0.29, 0.717) is 18.1 Å². The second-order valence-electron chi connectivity index (χ2n) is 6.45. The summed E-state index contributed by atoms with van der Waals surface area (Å²) < 4.78 is 16.6. The predicted molar refractivity (Wildman–Crippen MR) is 116 cm³/mol. The number of hydrazone groups is 1. The quantitative estimate of drug-likeness (QED) is 0.430. The van der Waals surface area contributed by atoms with E-state index in [0.717, 1.165) is 16.7 Å². The highest BCUT2D eigenvalue weighted by atomic mass is 16.5. The van der Waals surface area contributed by atoms with Gasteiger partial charge in [-0.2, -0.15) is 5.10 Å². The van der Waals surface area contributed by atoms with Gasteiger partial charge >= 0.3 is 0 Å². The maximum Gasteiger partial charge on any atom is 0.273 e. The molecule has 3 rings (SSSR count). The van der Waals surface area contributed by atoms with Gasteiger partial charge in [-0.15, -0.1) is 0 Å². The van der Waals surface area contributed by atoms with Gasteiger partial charge in [0.2, 0.25) is 0 Å². The summed E-state index contributed by atoms with van der Waals surface area (Å²) in [6.07, 6.45) is 0.811. The van der Waals surface area contributed by atoms with E-state index in [1.54, 1.807) is 19.4 Å². The zero-order valence-corrected chi connectivity index (χ0v) is 16.9. The molecule has 30 heavy (non-hydrogen) atoms. The highest BCUT2D eigenvalue weighted by molar-refractivity contribution is 5.85. The van der Waals surface area contributed by atoms with Gasteiger partial charge in [0.15, 0.2) is 17.6 Å². The zero-order chi connectivity index (χ0) is 21.2. The molecule has 0 aliphatic heterocycles. The molecule has 0 bridgehead atoms. The van der Waals surface area contributed by atoms with Crippen LogP contribution in [0.3, 0.4) is 0 Å². The van der Waals surface area contributed by atoms with E-state index in [2.05, 4.69) is 10.5 Å². The Morgan fingerprint density at radius 3 is 2.33 bits per heavy atom. The molecule has 1 unspecified atom stereocenters. The van der Waals surface area contributed by atoms with E-state index in [1.807, 2.05) is 72.8 Å². The van der Waals surface area contributed by atoms with Crippen LogP contribution in [0.1, 0.15) is 22.8 Å². The molecule has 6 heteroatoms. The van der Waals surface area contributed by atoms with Crippen LogP contribution in [0.2, 0.25) is 0 Å².